The molecule has 1 aromatic rings. The molecule has 92 valence electrons. The maximum absolute atomic E-state index is 11.5. The quantitative estimate of drug-likeness (QED) is 0.642. The summed E-state index contributed by atoms with van der Waals surface area (Å²) in [6.45, 7) is 1.38. The molecule has 1 N–H and O–H groups in total. The number of rotatable bonds is 2. The van der Waals surface area contributed by atoms with Gasteiger partial charge in [-0.05, 0) is 25.1 Å². The van der Waals surface area contributed by atoms with Crippen LogP contribution in [-0.2, 0) is 4.79 Å². The fourth-order valence-corrected chi connectivity index (χ4v) is 1.62. The summed E-state index contributed by atoms with van der Waals surface area (Å²) in [5, 5.41) is 2.39. The Kier molecular flexibility index (Phi) is 4.84. The van der Waals surface area contributed by atoms with Gasteiger partial charge in [-0.3, -0.25) is 9.59 Å². The van der Waals surface area contributed by atoms with Crippen LogP contribution in [0.15, 0.2) is 22.7 Å². The number of anilines is 1. The Morgan fingerprint density at radius 2 is 1.88 bits per heavy atom. The smallest absolute Gasteiger partial charge is 0.276 e. The van der Waals surface area contributed by atoms with Gasteiger partial charge in [0, 0.05) is 10.0 Å². The molecule has 0 atom stereocenters. The van der Waals surface area contributed by atoms with E-state index in [0.29, 0.717) is 15.7 Å². The number of halogens is 4. The van der Waals surface area contributed by atoms with E-state index in [0.717, 1.165) is 0 Å². The minimum absolute atomic E-state index is 0.197. The fraction of sp³-hybridized carbons (Fsp3) is 0.200. The number of alkyl halides is 3. The number of amides is 1. The molecule has 0 spiro atoms. The van der Waals surface area contributed by atoms with Crippen molar-refractivity contribution in [3.63, 3.8) is 0 Å². The number of Topliss-reactive ketones (excluding diaryl/α,β-unsaturated/α-hetero) is 1. The van der Waals surface area contributed by atoms with Gasteiger partial charge in [-0.15, -0.1) is 0 Å². The van der Waals surface area contributed by atoms with Gasteiger partial charge in [-0.2, -0.15) is 0 Å². The third kappa shape index (κ3) is 4.14. The summed E-state index contributed by atoms with van der Waals surface area (Å²) in [5.74, 6) is -1.01. The van der Waals surface area contributed by atoms with Crippen molar-refractivity contribution in [1.29, 1.82) is 0 Å². The van der Waals surface area contributed by atoms with E-state index in [-0.39, 0.29) is 5.78 Å². The van der Waals surface area contributed by atoms with E-state index in [4.69, 9.17) is 34.8 Å². The van der Waals surface area contributed by atoms with E-state index >= 15 is 0 Å². The SMILES string of the molecule is CC(=O)c1ccc(Br)cc1NC(=O)C(Cl)(Cl)Cl. The molecule has 0 saturated carbocycles. The molecule has 1 aromatic carbocycles. The van der Waals surface area contributed by atoms with Gasteiger partial charge in [0.2, 0.25) is 0 Å². The first-order valence-electron chi connectivity index (χ1n) is 4.40. The lowest BCUT2D eigenvalue weighted by Crippen LogP contribution is -2.27. The Balaban J connectivity index is 3.09. The molecule has 7 heteroatoms. The molecule has 0 aliphatic carbocycles. The summed E-state index contributed by atoms with van der Waals surface area (Å²) in [6.07, 6.45) is 0. The van der Waals surface area contributed by atoms with Crippen molar-refractivity contribution in [3.05, 3.63) is 28.2 Å². The van der Waals surface area contributed by atoms with E-state index in [2.05, 4.69) is 21.2 Å². The highest BCUT2D eigenvalue weighted by atomic mass is 79.9. The van der Waals surface area contributed by atoms with Crippen LogP contribution in [0.1, 0.15) is 17.3 Å². The fourth-order valence-electron chi connectivity index (χ4n) is 1.12. The van der Waals surface area contributed by atoms with Gasteiger partial charge in [0.25, 0.3) is 9.70 Å². The van der Waals surface area contributed by atoms with Gasteiger partial charge in [0.1, 0.15) is 0 Å². The van der Waals surface area contributed by atoms with Crippen LogP contribution in [-0.4, -0.2) is 15.5 Å². The van der Waals surface area contributed by atoms with Crippen LogP contribution in [0.2, 0.25) is 0 Å². The van der Waals surface area contributed by atoms with Crippen molar-refractivity contribution < 1.29 is 9.59 Å². The summed E-state index contributed by atoms with van der Waals surface area (Å²) >= 11 is 19.5. The number of hydrogen-bond acceptors (Lipinski definition) is 2. The lowest BCUT2D eigenvalue weighted by atomic mass is 10.1. The number of carbonyl (C=O) groups is 2. The number of nitrogens with one attached hydrogen (secondary N) is 1. The topological polar surface area (TPSA) is 46.2 Å². The van der Waals surface area contributed by atoms with Gasteiger partial charge in [0.05, 0.1) is 5.69 Å². The Hall–Kier alpha value is -0.290. The molecule has 0 aliphatic rings. The molecule has 3 nitrogen and oxygen atoms in total. The van der Waals surface area contributed by atoms with Crippen LogP contribution in [0.25, 0.3) is 0 Å². The monoisotopic (exact) mass is 357 g/mol. The average molecular weight is 359 g/mol. The van der Waals surface area contributed by atoms with Gasteiger partial charge in [-0.25, -0.2) is 0 Å². The van der Waals surface area contributed by atoms with E-state index < -0.39 is 9.70 Å². The van der Waals surface area contributed by atoms with Gasteiger partial charge in [-0.1, -0.05) is 50.7 Å². The van der Waals surface area contributed by atoms with E-state index in [1.807, 2.05) is 0 Å². The lowest BCUT2D eigenvalue weighted by molar-refractivity contribution is -0.115. The summed E-state index contributed by atoms with van der Waals surface area (Å²) in [7, 11) is 0. The Labute approximate surface area is 122 Å². The van der Waals surface area contributed by atoms with Crippen LogP contribution in [0.5, 0.6) is 0 Å². The van der Waals surface area contributed by atoms with Crippen molar-refractivity contribution in [2.45, 2.75) is 10.7 Å². The summed E-state index contributed by atoms with van der Waals surface area (Å²) in [5.41, 5.74) is 0.638. The minimum Gasteiger partial charge on any atom is -0.322 e. The molecule has 0 aromatic heterocycles. The van der Waals surface area contributed by atoms with E-state index in [9.17, 15) is 9.59 Å². The Morgan fingerprint density at radius 1 is 1.29 bits per heavy atom. The van der Waals surface area contributed by atoms with Crippen LogP contribution in [0.4, 0.5) is 5.69 Å². The molecule has 0 saturated heterocycles. The third-order valence-electron chi connectivity index (χ3n) is 1.87. The van der Waals surface area contributed by atoms with Crippen molar-refractivity contribution in [3.8, 4) is 0 Å². The molecule has 1 rings (SSSR count). The van der Waals surface area contributed by atoms with Gasteiger partial charge < -0.3 is 5.32 Å². The van der Waals surface area contributed by atoms with Crippen molar-refractivity contribution in [2.24, 2.45) is 0 Å². The first-order valence-corrected chi connectivity index (χ1v) is 6.33. The predicted octanol–water partition coefficient (Wildman–Crippen LogP) is 3.96. The molecule has 0 heterocycles. The summed E-state index contributed by atoms with van der Waals surface area (Å²) in [6, 6.07) is 4.81. The molecule has 0 radical (unpaired) electrons. The van der Waals surface area contributed by atoms with E-state index in [1.165, 1.54) is 6.92 Å². The van der Waals surface area contributed by atoms with E-state index in [1.54, 1.807) is 18.2 Å². The molecule has 0 unspecified atom stereocenters. The van der Waals surface area contributed by atoms with Gasteiger partial charge >= 0.3 is 0 Å². The molecule has 0 fully saturated rings. The normalized spacial score (nSPS) is 11.1. The predicted molar refractivity (Wildman–Crippen MR) is 73.1 cm³/mol. The maximum Gasteiger partial charge on any atom is 0.276 e. The van der Waals surface area contributed by atoms with Crippen LogP contribution in [0.3, 0.4) is 0 Å². The van der Waals surface area contributed by atoms with Crippen molar-refractivity contribution >= 4 is 68.1 Å². The highest BCUT2D eigenvalue weighted by Crippen LogP contribution is 2.29. The van der Waals surface area contributed by atoms with Gasteiger partial charge in [0.15, 0.2) is 5.78 Å². The summed E-state index contributed by atoms with van der Waals surface area (Å²) in [4.78, 5) is 22.8. The number of ketones is 1. The molecular formula is C10H7BrCl3NO2. The van der Waals surface area contributed by atoms with Crippen molar-refractivity contribution in [2.75, 3.05) is 5.32 Å². The number of benzene rings is 1. The summed E-state index contributed by atoms with van der Waals surface area (Å²) < 4.78 is -1.38. The minimum atomic E-state index is -2.07. The highest BCUT2D eigenvalue weighted by Gasteiger charge is 2.31. The number of hydrogen-bond donors (Lipinski definition) is 1. The van der Waals surface area contributed by atoms with Crippen LogP contribution in [0, 0.1) is 0 Å². The molecule has 0 aliphatic heterocycles. The average Bonchev–Trinajstić information content (AvgIpc) is 2.15. The Morgan fingerprint density at radius 3 is 2.35 bits per heavy atom. The molecular weight excluding hydrogens is 352 g/mol. The highest BCUT2D eigenvalue weighted by molar-refractivity contribution is 9.10. The third-order valence-corrected chi connectivity index (χ3v) is 2.87. The standard InChI is InChI=1S/C10H7BrCl3NO2/c1-5(16)7-3-2-6(11)4-8(7)15-9(17)10(12,13)14/h2-4H,1H3,(H,15,17). The first-order chi connectivity index (χ1) is 7.71. The molecule has 1 amide bonds. The number of carbonyl (C=O) groups excluding carboxylic acids is 2. The zero-order valence-electron chi connectivity index (χ0n) is 8.56. The van der Waals surface area contributed by atoms with Crippen molar-refractivity contribution in [1.82, 2.24) is 0 Å². The Bertz CT molecular complexity index is 471. The maximum atomic E-state index is 11.5. The van der Waals surface area contributed by atoms with Crippen LogP contribution < -0.4 is 5.32 Å². The van der Waals surface area contributed by atoms with Crippen LogP contribution >= 0.6 is 50.7 Å². The second kappa shape index (κ2) is 5.57. The molecule has 17 heavy (non-hydrogen) atoms. The second-order valence-electron chi connectivity index (χ2n) is 3.20. The first kappa shape index (κ1) is 14.8. The second-order valence-corrected chi connectivity index (χ2v) is 6.39. The largest absolute Gasteiger partial charge is 0.322 e. The molecule has 0 bridgehead atoms. The lowest BCUT2D eigenvalue weighted by Gasteiger charge is -2.13. The zero-order chi connectivity index (χ0) is 13.2. The zero-order valence-corrected chi connectivity index (χ0v) is 12.4.